The Balaban J connectivity index is 3.50. The predicted octanol–water partition coefficient (Wildman–Crippen LogP) is 16.6. The summed E-state index contributed by atoms with van der Waals surface area (Å²) in [4.78, 5) is 24.5. The van der Waals surface area contributed by atoms with Crippen molar-refractivity contribution in [3.63, 3.8) is 0 Å². The lowest BCUT2D eigenvalue weighted by atomic mass is 10.0. The maximum absolute atomic E-state index is 12.4. The van der Waals surface area contributed by atoms with Crippen LogP contribution in [0.25, 0.3) is 0 Å². The molecule has 6 nitrogen and oxygen atoms in total. The fourth-order valence-corrected chi connectivity index (χ4v) is 8.11. The number of nitrogens with one attached hydrogen (secondary N) is 1. The van der Waals surface area contributed by atoms with E-state index in [1.54, 1.807) is 0 Å². The Kier molecular flexibility index (Phi) is 50.6. The monoisotopic (exact) mass is 884 g/mol. The maximum atomic E-state index is 12.4. The van der Waals surface area contributed by atoms with E-state index in [1.807, 2.05) is 0 Å². The third kappa shape index (κ3) is 49.1. The van der Waals surface area contributed by atoms with Crippen molar-refractivity contribution in [3.8, 4) is 0 Å². The van der Waals surface area contributed by atoms with Crippen LogP contribution in [0.5, 0.6) is 0 Å². The Labute approximate surface area is 391 Å². The number of esters is 1. The molecule has 2 atom stereocenters. The van der Waals surface area contributed by atoms with Crippen LogP contribution in [0, 0.1) is 0 Å². The molecule has 0 aliphatic carbocycles. The summed E-state index contributed by atoms with van der Waals surface area (Å²) in [6, 6.07) is -0.554. The van der Waals surface area contributed by atoms with Crippen molar-refractivity contribution in [1.82, 2.24) is 5.32 Å². The second-order valence-electron chi connectivity index (χ2n) is 18.6. The van der Waals surface area contributed by atoms with Gasteiger partial charge in [0.25, 0.3) is 0 Å². The predicted molar refractivity (Wildman–Crippen MR) is 273 cm³/mol. The highest BCUT2D eigenvalue weighted by atomic mass is 16.5. The summed E-state index contributed by atoms with van der Waals surface area (Å²) in [6.07, 6.45) is 65.2. The summed E-state index contributed by atoms with van der Waals surface area (Å²) in [7, 11) is 0. The number of rotatable bonds is 50. The lowest BCUT2D eigenvalue weighted by Gasteiger charge is -2.22. The van der Waals surface area contributed by atoms with Gasteiger partial charge in [-0.3, -0.25) is 9.59 Å². The SMILES string of the molecule is CCCCC/C=C\C/C=C\CCCCCCCCCC(=O)OCCCCC/C=C\C/C=C\CCCCCCCCCC(=O)NC(CO)C(O)CCCCCCCCCCCCCC. The first-order chi connectivity index (χ1) is 31.0. The Bertz CT molecular complexity index is 1070. The number of aliphatic hydroxyl groups excluding tert-OH is 2. The van der Waals surface area contributed by atoms with E-state index in [4.69, 9.17) is 4.74 Å². The summed E-state index contributed by atoms with van der Waals surface area (Å²) in [5.74, 6) is -0.0768. The van der Waals surface area contributed by atoms with Crippen molar-refractivity contribution in [2.75, 3.05) is 13.2 Å². The van der Waals surface area contributed by atoms with Gasteiger partial charge in [-0.2, -0.15) is 0 Å². The van der Waals surface area contributed by atoms with E-state index in [-0.39, 0.29) is 18.5 Å². The van der Waals surface area contributed by atoms with Gasteiger partial charge in [-0.15, -0.1) is 0 Å². The third-order valence-electron chi connectivity index (χ3n) is 12.4. The molecule has 0 fully saturated rings. The molecule has 2 unspecified atom stereocenters. The molecule has 0 saturated heterocycles. The van der Waals surface area contributed by atoms with Crippen LogP contribution in [0.3, 0.4) is 0 Å². The molecule has 0 aliphatic rings. The maximum Gasteiger partial charge on any atom is 0.305 e. The molecule has 0 aromatic heterocycles. The van der Waals surface area contributed by atoms with E-state index in [0.29, 0.717) is 25.9 Å². The van der Waals surface area contributed by atoms with Crippen molar-refractivity contribution in [3.05, 3.63) is 48.6 Å². The van der Waals surface area contributed by atoms with Gasteiger partial charge in [0, 0.05) is 12.8 Å². The number of amides is 1. The van der Waals surface area contributed by atoms with Crippen LogP contribution in [-0.2, 0) is 14.3 Å². The average Bonchev–Trinajstić information content (AvgIpc) is 3.28. The van der Waals surface area contributed by atoms with Gasteiger partial charge in [0.2, 0.25) is 5.91 Å². The molecule has 63 heavy (non-hydrogen) atoms. The van der Waals surface area contributed by atoms with Gasteiger partial charge < -0.3 is 20.3 Å². The van der Waals surface area contributed by atoms with Gasteiger partial charge >= 0.3 is 5.97 Å². The highest BCUT2D eigenvalue weighted by Crippen LogP contribution is 2.16. The van der Waals surface area contributed by atoms with E-state index < -0.39 is 12.1 Å². The Morgan fingerprint density at radius 2 is 0.794 bits per heavy atom. The summed E-state index contributed by atoms with van der Waals surface area (Å²) in [5.41, 5.74) is 0. The number of aliphatic hydroxyl groups is 2. The van der Waals surface area contributed by atoms with Crippen molar-refractivity contribution in [2.24, 2.45) is 0 Å². The second-order valence-corrected chi connectivity index (χ2v) is 18.6. The van der Waals surface area contributed by atoms with Gasteiger partial charge in [-0.25, -0.2) is 0 Å². The molecule has 1 amide bonds. The first kappa shape index (κ1) is 60.8. The van der Waals surface area contributed by atoms with Gasteiger partial charge in [0.05, 0.1) is 25.4 Å². The van der Waals surface area contributed by atoms with Crippen molar-refractivity contribution in [1.29, 1.82) is 0 Å². The molecule has 0 aliphatic heterocycles. The molecule has 0 aromatic carbocycles. The van der Waals surface area contributed by atoms with Crippen molar-refractivity contribution >= 4 is 11.9 Å². The van der Waals surface area contributed by atoms with Crippen molar-refractivity contribution in [2.45, 2.75) is 289 Å². The summed E-state index contributed by atoms with van der Waals surface area (Å²) >= 11 is 0. The third-order valence-corrected chi connectivity index (χ3v) is 12.4. The van der Waals surface area contributed by atoms with Crippen LogP contribution in [0.4, 0.5) is 0 Å². The smallest absolute Gasteiger partial charge is 0.305 e. The molecule has 0 spiro atoms. The largest absolute Gasteiger partial charge is 0.466 e. The number of carbonyl (C=O) groups excluding carboxylic acids is 2. The number of ether oxygens (including phenoxy) is 1. The van der Waals surface area contributed by atoms with Gasteiger partial charge in [-0.05, 0) is 96.3 Å². The molecule has 0 bridgehead atoms. The van der Waals surface area contributed by atoms with Crippen LogP contribution in [0.1, 0.15) is 277 Å². The molecule has 0 saturated carbocycles. The van der Waals surface area contributed by atoms with E-state index >= 15 is 0 Å². The highest BCUT2D eigenvalue weighted by Gasteiger charge is 2.20. The fourth-order valence-electron chi connectivity index (χ4n) is 8.11. The molecular weight excluding hydrogens is 779 g/mol. The molecule has 0 radical (unpaired) electrons. The normalized spacial score (nSPS) is 13.0. The topological polar surface area (TPSA) is 95.9 Å². The Morgan fingerprint density at radius 1 is 0.444 bits per heavy atom. The minimum absolute atomic E-state index is 0.0239. The molecule has 0 aromatic rings. The summed E-state index contributed by atoms with van der Waals surface area (Å²) in [6.45, 7) is 4.87. The van der Waals surface area contributed by atoms with Gasteiger partial charge in [-0.1, -0.05) is 217 Å². The molecule has 0 rings (SSSR count). The fraction of sp³-hybridized carbons (Fsp3) is 0.825. The number of hydrogen-bond acceptors (Lipinski definition) is 5. The zero-order valence-corrected chi connectivity index (χ0v) is 41.8. The first-order valence-electron chi connectivity index (χ1n) is 27.4. The Morgan fingerprint density at radius 3 is 1.24 bits per heavy atom. The van der Waals surface area contributed by atoms with E-state index in [2.05, 4.69) is 67.8 Å². The zero-order valence-electron chi connectivity index (χ0n) is 41.8. The van der Waals surface area contributed by atoms with Crippen LogP contribution >= 0.6 is 0 Å². The zero-order chi connectivity index (χ0) is 45.8. The Hall–Kier alpha value is -2.18. The minimum Gasteiger partial charge on any atom is -0.466 e. The van der Waals surface area contributed by atoms with Crippen molar-refractivity contribution < 1.29 is 24.5 Å². The number of unbranched alkanes of at least 4 members (excludes halogenated alkanes) is 31. The summed E-state index contributed by atoms with van der Waals surface area (Å²) in [5, 5.41) is 23.2. The van der Waals surface area contributed by atoms with E-state index in [9.17, 15) is 19.8 Å². The van der Waals surface area contributed by atoms with Gasteiger partial charge in [0.15, 0.2) is 0 Å². The lowest BCUT2D eigenvalue weighted by Crippen LogP contribution is -2.45. The van der Waals surface area contributed by atoms with Crippen LogP contribution in [0.15, 0.2) is 48.6 Å². The number of hydrogen-bond donors (Lipinski definition) is 3. The van der Waals surface area contributed by atoms with Crippen LogP contribution in [-0.4, -0.2) is 47.4 Å². The van der Waals surface area contributed by atoms with Crippen LogP contribution < -0.4 is 5.32 Å². The number of carbonyl (C=O) groups is 2. The van der Waals surface area contributed by atoms with E-state index in [0.717, 1.165) is 89.9 Å². The molecule has 3 N–H and O–H groups in total. The lowest BCUT2D eigenvalue weighted by molar-refractivity contribution is -0.143. The average molecular weight is 884 g/mol. The van der Waals surface area contributed by atoms with E-state index in [1.165, 1.54) is 154 Å². The molecule has 6 heteroatoms. The standard InChI is InChI=1S/C57H105NO5/c1-3-5-7-9-11-13-15-17-18-20-24-27-31-35-39-43-47-51-57(62)63-52-48-44-40-36-32-28-25-22-19-21-23-26-30-34-38-42-46-50-56(61)58-54(53-59)55(60)49-45-41-37-33-29-16-14-12-10-8-6-4-2/h11,13,17-19,22,28,32,54-55,59-60H,3-10,12,14-16,20-21,23-27,29-31,33-53H2,1-2H3,(H,58,61)/b13-11-,18-17-,22-19-,32-28-. The quantitative estimate of drug-likeness (QED) is 0.0321. The molecular formula is C57H105NO5. The number of allylic oxidation sites excluding steroid dienone is 8. The molecule has 368 valence electrons. The minimum atomic E-state index is -0.675. The summed E-state index contributed by atoms with van der Waals surface area (Å²) < 4.78 is 5.45. The highest BCUT2D eigenvalue weighted by molar-refractivity contribution is 5.76. The first-order valence-corrected chi connectivity index (χ1v) is 27.4. The van der Waals surface area contributed by atoms with Gasteiger partial charge in [0.1, 0.15) is 0 Å². The molecule has 0 heterocycles. The second kappa shape index (κ2) is 52.4. The van der Waals surface area contributed by atoms with Crippen LogP contribution in [0.2, 0.25) is 0 Å².